The first-order valence-corrected chi connectivity index (χ1v) is 5.96. The lowest BCUT2D eigenvalue weighted by Gasteiger charge is -2.09. The van der Waals surface area contributed by atoms with Gasteiger partial charge in [0.15, 0.2) is 0 Å². The summed E-state index contributed by atoms with van der Waals surface area (Å²) in [6.45, 7) is 2.13. The highest BCUT2D eigenvalue weighted by atomic mass is 16.5. The molecule has 1 heterocycles. The van der Waals surface area contributed by atoms with Crippen molar-refractivity contribution >= 4 is 5.82 Å². The van der Waals surface area contributed by atoms with Crippen LogP contribution in [-0.2, 0) is 12.8 Å². The Morgan fingerprint density at radius 1 is 1.28 bits per heavy atom. The van der Waals surface area contributed by atoms with Crippen molar-refractivity contribution in [1.29, 1.82) is 0 Å². The number of benzene rings is 1. The Morgan fingerprint density at radius 2 is 2.11 bits per heavy atom. The number of aryl methyl sites for hydroxylation is 1. The van der Waals surface area contributed by atoms with Crippen LogP contribution in [0.2, 0.25) is 0 Å². The number of nitrogen functional groups attached to an aromatic ring is 1. The van der Waals surface area contributed by atoms with Crippen LogP contribution < -0.4 is 10.5 Å². The number of rotatable bonds is 4. The highest BCUT2D eigenvalue weighted by Gasteiger charge is 2.07. The molecule has 2 rings (SSSR count). The van der Waals surface area contributed by atoms with Crippen LogP contribution in [-0.4, -0.2) is 17.1 Å². The van der Waals surface area contributed by atoms with Gasteiger partial charge in [0.25, 0.3) is 0 Å². The summed E-state index contributed by atoms with van der Waals surface area (Å²) in [6, 6.07) is 7.87. The molecule has 0 spiro atoms. The molecule has 4 heteroatoms. The molecule has 0 aliphatic carbocycles. The molecule has 0 fully saturated rings. The number of ether oxygens (including phenoxy) is 1. The van der Waals surface area contributed by atoms with E-state index in [0.29, 0.717) is 18.1 Å². The molecular weight excluding hydrogens is 226 g/mol. The van der Waals surface area contributed by atoms with Crippen LogP contribution in [0, 0.1) is 0 Å². The molecule has 0 aliphatic heterocycles. The van der Waals surface area contributed by atoms with E-state index >= 15 is 0 Å². The van der Waals surface area contributed by atoms with E-state index in [2.05, 4.69) is 29.0 Å². The van der Waals surface area contributed by atoms with Gasteiger partial charge in [0.05, 0.1) is 7.11 Å². The van der Waals surface area contributed by atoms with E-state index in [0.717, 1.165) is 17.7 Å². The Hall–Kier alpha value is -2.10. The van der Waals surface area contributed by atoms with Gasteiger partial charge in [-0.05, 0) is 24.1 Å². The highest BCUT2D eigenvalue weighted by molar-refractivity contribution is 5.39. The number of hydrogen-bond donors (Lipinski definition) is 1. The van der Waals surface area contributed by atoms with Gasteiger partial charge in [-0.25, -0.2) is 9.97 Å². The van der Waals surface area contributed by atoms with E-state index in [9.17, 15) is 0 Å². The summed E-state index contributed by atoms with van der Waals surface area (Å²) in [4.78, 5) is 8.43. The lowest BCUT2D eigenvalue weighted by molar-refractivity contribution is 0.410. The molecule has 0 saturated carbocycles. The third-order valence-electron chi connectivity index (χ3n) is 2.83. The molecule has 4 nitrogen and oxygen atoms in total. The summed E-state index contributed by atoms with van der Waals surface area (Å²) in [7, 11) is 1.67. The number of aromatic nitrogens is 2. The van der Waals surface area contributed by atoms with Crippen molar-refractivity contribution in [2.75, 3.05) is 12.8 Å². The van der Waals surface area contributed by atoms with Crippen LogP contribution in [0.1, 0.15) is 23.9 Å². The van der Waals surface area contributed by atoms with Crippen LogP contribution >= 0.6 is 0 Å². The maximum absolute atomic E-state index is 5.66. The Bertz CT molecular complexity index is 540. The van der Waals surface area contributed by atoms with Crippen molar-refractivity contribution < 1.29 is 4.74 Å². The van der Waals surface area contributed by atoms with E-state index in [1.807, 2.05) is 6.07 Å². The average molecular weight is 243 g/mol. The van der Waals surface area contributed by atoms with Crippen LogP contribution in [0.15, 0.2) is 30.5 Å². The highest BCUT2D eigenvalue weighted by Crippen LogP contribution is 2.22. The fraction of sp³-hybridized carbons (Fsp3) is 0.286. The minimum absolute atomic E-state index is 0.491. The molecule has 18 heavy (non-hydrogen) atoms. The summed E-state index contributed by atoms with van der Waals surface area (Å²) >= 11 is 0. The van der Waals surface area contributed by atoms with Gasteiger partial charge in [0.2, 0.25) is 0 Å². The predicted octanol–water partition coefficient (Wildman–Crippen LogP) is 2.22. The van der Waals surface area contributed by atoms with Crippen molar-refractivity contribution in [2.24, 2.45) is 0 Å². The summed E-state index contributed by atoms with van der Waals surface area (Å²) in [6.07, 6.45) is 3.30. The number of hydrogen-bond acceptors (Lipinski definition) is 4. The third-order valence-corrected chi connectivity index (χ3v) is 2.83. The van der Waals surface area contributed by atoms with Crippen LogP contribution in [0.4, 0.5) is 5.82 Å². The second kappa shape index (κ2) is 5.49. The van der Waals surface area contributed by atoms with Crippen molar-refractivity contribution in [2.45, 2.75) is 19.8 Å². The van der Waals surface area contributed by atoms with Crippen molar-refractivity contribution in [3.05, 3.63) is 47.4 Å². The van der Waals surface area contributed by atoms with Gasteiger partial charge in [0.1, 0.15) is 17.4 Å². The standard InChI is InChI=1S/C14H17N3O/c1-3-10-4-5-12(18-2)11(8-10)9-14-16-7-6-13(15)17-14/h4-8H,3,9H2,1-2H3,(H2,15,16,17). The van der Waals surface area contributed by atoms with Gasteiger partial charge >= 0.3 is 0 Å². The minimum Gasteiger partial charge on any atom is -0.496 e. The molecule has 0 saturated heterocycles. The van der Waals surface area contributed by atoms with Crippen LogP contribution in [0.5, 0.6) is 5.75 Å². The molecule has 94 valence electrons. The van der Waals surface area contributed by atoms with Crippen molar-refractivity contribution in [3.63, 3.8) is 0 Å². The quantitative estimate of drug-likeness (QED) is 0.894. The second-order valence-electron chi connectivity index (χ2n) is 4.07. The summed E-state index contributed by atoms with van der Waals surface area (Å²) in [5.41, 5.74) is 8.01. The first-order chi connectivity index (χ1) is 8.72. The zero-order chi connectivity index (χ0) is 13.0. The largest absolute Gasteiger partial charge is 0.496 e. The average Bonchev–Trinajstić information content (AvgIpc) is 2.38. The Kier molecular flexibility index (Phi) is 3.77. The zero-order valence-electron chi connectivity index (χ0n) is 10.7. The SMILES string of the molecule is CCc1ccc(OC)c(Cc2nccc(N)n2)c1. The first-order valence-electron chi connectivity index (χ1n) is 5.96. The molecule has 0 atom stereocenters. The van der Waals surface area contributed by atoms with Gasteiger partial charge in [-0.1, -0.05) is 19.1 Å². The molecule has 2 N–H and O–H groups in total. The van der Waals surface area contributed by atoms with Gasteiger partial charge in [0, 0.05) is 18.2 Å². The monoisotopic (exact) mass is 243 g/mol. The summed E-state index contributed by atoms with van der Waals surface area (Å²) in [5.74, 6) is 2.06. The molecule has 0 bridgehead atoms. The predicted molar refractivity (Wildman–Crippen MR) is 71.6 cm³/mol. The Morgan fingerprint density at radius 3 is 2.78 bits per heavy atom. The molecule has 0 aliphatic rings. The van der Waals surface area contributed by atoms with Gasteiger partial charge < -0.3 is 10.5 Å². The van der Waals surface area contributed by atoms with E-state index < -0.39 is 0 Å². The molecule has 1 aromatic carbocycles. The fourth-order valence-corrected chi connectivity index (χ4v) is 1.86. The normalized spacial score (nSPS) is 10.3. The first kappa shape index (κ1) is 12.4. The van der Waals surface area contributed by atoms with Gasteiger partial charge in [-0.15, -0.1) is 0 Å². The van der Waals surface area contributed by atoms with Crippen molar-refractivity contribution in [1.82, 2.24) is 9.97 Å². The van der Waals surface area contributed by atoms with Gasteiger partial charge in [-0.2, -0.15) is 0 Å². The molecule has 0 amide bonds. The molecular formula is C14H17N3O. The van der Waals surface area contributed by atoms with E-state index in [1.165, 1.54) is 5.56 Å². The summed E-state index contributed by atoms with van der Waals surface area (Å²) in [5, 5.41) is 0. The molecule has 1 aromatic heterocycles. The molecule has 0 radical (unpaired) electrons. The summed E-state index contributed by atoms with van der Waals surface area (Å²) < 4.78 is 5.36. The van der Waals surface area contributed by atoms with Crippen LogP contribution in [0.25, 0.3) is 0 Å². The van der Waals surface area contributed by atoms with E-state index in [4.69, 9.17) is 10.5 Å². The van der Waals surface area contributed by atoms with Crippen molar-refractivity contribution in [3.8, 4) is 5.75 Å². The molecule has 0 unspecified atom stereocenters. The minimum atomic E-state index is 0.491. The van der Waals surface area contributed by atoms with Gasteiger partial charge in [-0.3, -0.25) is 0 Å². The topological polar surface area (TPSA) is 61.0 Å². The maximum atomic E-state index is 5.66. The number of nitrogens with zero attached hydrogens (tertiary/aromatic N) is 2. The fourth-order valence-electron chi connectivity index (χ4n) is 1.86. The molecule has 2 aromatic rings. The zero-order valence-corrected chi connectivity index (χ0v) is 10.7. The van der Waals surface area contributed by atoms with E-state index in [1.54, 1.807) is 19.4 Å². The number of methoxy groups -OCH3 is 1. The Labute approximate surface area is 107 Å². The number of nitrogens with two attached hydrogens (primary N) is 1. The second-order valence-corrected chi connectivity index (χ2v) is 4.07. The lowest BCUT2D eigenvalue weighted by atomic mass is 10.0. The number of anilines is 1. The third kappa shape index (κ3) is 2.77. The lowest BCUT2D eigenvalue weighted by Crippen LogP contribution is -2.01. The Balaban J connectivity index is 2.32. The van der Waals surface area contributed by atoms with Crippen LogP contribution in [0.3, 0.4) is 0 Å². The smallest absolute Gasteiger partial charge is 0.135 e. The maximum Gasteiger partial charge on any atom is 0.135 e. The van der Waals surface area contributed by atoms with E-state index in [-0.39, 0.29) is 0 Å².